The molecule has 1 aromatic heterocycles. The van der Waals surface area contributed by atoms with Crippen LogP contribution in [0, 0.1) is 6.67 Å². The average molecular weight is 803 g/mol. The standard InChI is InChI=1S/C27H37N2.C16H10N.Au/c1-18(2)22-11-9-12-23(19(3)4)26(22)28-15-16-29(17-28)27-24(20(5)6)13-10-14-25(27)21(7)8;1-2-6-12-11(5-1)9-10-15-16(12)13-7-3-4-8-14(13)17-15;/h9-21H,1-8H3;1-10H;/q2*-1;. The molecule has 0 saturated heterocycles. The van der Waals surface area contributed by atoms with E-state index in [0.29, 0.717) is 23.7 Å². The van der Waals surface area contributed by atoms with E-state index in [9.17, 15) is 0 Å². The van der Waals surface area contributed by atoms with E-state index in [0.717, 1.165) is 11.0 Å². The molecule has 5 aromatic carbocycles. The van der Waals surface area contributed by atoms with Crippen LogP contribution in [0.5, 0.6) is 0 Å². The Hall–Kier alpha value is -3.76. The van der Waals surface area contributed by atoms with Crippen LogP contribution in [0.4, 0.5) is 11.4 Å². The first-order chi connectivity index (χ1) is 22.2. The van der Waals surface area contributed by atoms with Crippen molar-refractivity contribution in [1.82, 2.24) is 4.98 Å². The first kappa shape index (κ1) is 34.6. The van der Waals surface area contributed by atoms with Crippen LogP contribution in [0.3, 0.4) is 0 Å². The number of rotatable bonds is 6. The van der Waals surface area contributed by atoms with Gasteiger partial charge in [0, 0.05) is 33.8 Å². The zero-order chi connectivity index (χ0) is 32.5. The van der Waals surface area contributed by atoms with Gasteiger partial charge in [0.15, 0.2) is 0 Å². The first-order valence-electron chi connectivity index (χ1n) is 16.8. The average Bonchev–Trinajstić information content (AvgIpc) is 3.69. The second-order valence-corrected chi connectivity index (χ2v) is 13.7. The fraction of sp³-hybridized carbons (Fsp3) is 0.279. The minimum atomic E-state index is 0. The van der Waals surface area contributed by atoms with Crippen molar-refractivity contribution in [3.05, 3.63) is 138 Å². The van der Waals surface area contributed by atoms with Crippen LogP contribution in [-0.4, -0.2) is 0 Å². The summed E-state index contributed by atoms with van der Waals surface area (Å²) in [4.78, 5) is 9.32. The minimum absolute atomic E-state index is 0. The van der Waals surface area contributed by atoms with Crippen molar-refractivity contribution >= 4 is 44.0 Å². The molecule has 2 heterocycles. The van der Waals surface area contributed by atoms with Crippen LogP contribution >= 0.6 is 0 Å². The Kier molecular flexibility index (Phi) is 10.7. The Morgan fingerprint density at radius 1 is 0.468 bits per heavy atom. The minimum Gasteiger partial charge on any atom is -0.657 e. The van der Waals surface area contributed by atoms with Crippen molar-refractivity contribution in [2.45, 2.75) is 79.1 Å². The predicted octanol–water partition coefficient (Wildman–Crippen LogP) is 12.2. The predicted molar refractivity (Wildman–Crippen MR) is 200 cm³/mol. The van der Waals surface area contributed by atoms with Gasteiger partial charge in [0.05, 0.1) is 0 Å². The molecule has 0 aliphatic carbocycles. The topological polar surface area (TPSA) is 20.6 Å². The maximum absolute atomic E-state index is 4.67. The maximum atomic E-state index is 4.67. The van der Waals surface area contributed by atoms with Crippen molar-refractivity contribution in [2.24, 2.45) is 0 Å². The van der Waals surface area contributed by atoms with Crippen molar-refractivity contribution in [2.75, 3.05) is 9.80 Å². The summed E-state index contributed by atoms with van der Waals surface area (Å²) in [5.74, 6) is 1.92. The zero-order valence-electron chi connectivity index (χ0n) is 28.9. The van der Waals surface area contributed by atoms with E-state index < -0.39 is 0 Å². The third kappa shape index (κ3) is 6.81. The van der Waals surface area contributed by atoms with E-state index >= 15 is 0 Å². The first-order valence-corrected chi connectivity index (χ1v) is 16.8. The molecular formula is C43H47AuN3-2. The smallest absolute Gasteiger partial charge is 0.0195 e. The Bertz CT molecular complexity index is 1880. The monoisotopic (exact) mass is 802 g/mol. The van der Waals surface area contributed by atoms with E-state index in [2.05, 4.69) is 180 Å². The summed E-state index contributed by atoms with van der Waals surface area (Å²) >= 11 is 0. The van der Waals surface area contributed by atoms with Gasteiger partial charge in [-0.3, -0.25) is 0 Å². The summed E-state index contributed by atoms with van der Waals surface area (Å²) in [6, 6.07) is 34.6. The van der Waals surface area contributed by atoms with Crippen molar-refractivity contribution in [3.63, 3.8) is 0 Å². The Morgan fingerprint density at radius 2 is 0.915 bits per heavy atom. The molecule has 0 N–H and O–H groups in total. The van der Waals surface area contributed by atoms with Crippen molar-refractivity contribution in [3.8, 4) is 0 Å². The van der Waals surface area contributed by atoms with Gasteiger partial charge < -0.3 is 14.8 Å². The molecule has 6 aromatic rings. The van der Waals surface area contributed by atoms with Gasteiger partial charge >= 0.3 is 0 Å². The van der Waals surface area contributed by atoms with Crippen LogP contribution in [0.2, 0.25) is 0 Å². The molecule has 0 spiro atoms. The molecule has 247 valence electrons. The Labute approximate surface area is 297 Å². The number of para-hydroxylation sites is 3. The summed E-state index contributed by atoms with van der Waals surface area (Å²) in [5, 5.41) is 5.09. The number of fused-ring (bicyclic) bond motifs is 5. The van der Waals surface area contributed by atoms with Crippen LogP contribution in [0.25, 0.3) is 32.6 Å². The molecule has 0 atom stereocenters. The van der Waals surface area contributed by atoms with E-state index in [1.807, 2.05) is 6.07 Å². The molecule has 3 nitrogen and oxygen atoms in total. The third-order valence-corrected chi connectivity index (χ3v) is 9.16. The summed E-state index contributed by atoms with van der Waals surface area (Å²) in [7, 11) is 0. The fourth-order valence-corrected chi connectivity index (χ4v) is 6.79. The van der Waals surface area contributed by atoms with E-state index in [1.54, 1.807) is 0 Å². The van der Waals surface area contributed by atoms with E-state index in [1.165, 1.54) is 55.2 Å². The third-order valence-electron chi connectivity index (χ3n) is 9.16. The molecule has 0 fully saturated rings. The van der Waals surface area contributed by atoms with Crippen LogP contribution in [-0.2, 0) is 22.4 Å². The molecule has 47 heavy (non-hydrogen) atoms. The molecule has 0 unspecified atom stereocenters. The number of hydrogen-bond donors (Lipinski definition) is 0. The molecule has 7 rings (SSSR count). The number of benzene rings is 5. The molecule has 4 heteroatoms. The number of hydrogen-bond acceptors (Lipinski definition) is 2. The van der Waals surface area contributed by atoms with E-state index in [-0.39, 0.29) is 22.4 Å². The van der Waals surface area contributed by atoms with Crippen LogP contribution < -0.4 is 14.8 Å². The number of anilines is 2. The summed E-state index contributed by atoms with van der Waals surface area (Å²) in [6.07, 6.45) is 4.43. The number of aromatic nitrogens is 1. The van der Waals surface area contributed by atoms with Crippen molar-refractivity contribution < 1.29 is 22.4 Å². The van der Waals surface area contributed by atoms with Gasteiger partial charge in [-0.15, -0.1) is 17.7 Å². The Balaban J connectivity index is 0.000000203. The second-order valence-electron chi connectivity index (χ2n) is 13.7. The van der Waals surface area contributed by atoms with Gasteiger partial charge in [0.25, 0.3) is 0 Å². The molecule has 1 radical (unpaired) electrons. The fourth-order valence-electron chi connectivity index (χ4n) is 6.79. The molecule has 0 saturated carbocycles. The van der Waals surface area contributed by atoms with Gasteiger partial charge in [-0.2, -0.15) is 0 Å². The van der Waals surface area contributed by atoms with Gasteiger partial charge in [0.1, 0.15) is 0 Å². The molecule has 1 aliphatic rings. The van der Waals surface area contributed by atoms with Crippen LogP contribution in [0.15, 0.2) is 109 Å². The second kappa shape index (κ2) is 14.6. The SMILES string of the molecule is CC(C)c1cccc(C(C)C)c1N1C=CN(c2c(C(C)C)cccc2C(C)C)[CH-]1.[Au].c1ccc2c(c1)ccc1[n-]c3ccccc3c12. The quantitative estimate of drug-likeness (QED) is 0.124. The summed E-state index contributed by atoms with van der Waals surface area (Å²) in [5.41, 5.74) is 10.5. The largest absolute Gasteiger partial charge is 0.657 e. The van der Waals surface area contributed by atoms with Crippen molar-refractivity contribution in [1.29, 1.82) is 0 Å². The van der Waals surface area contributed by atoms with Crippen LogP contribution in [0.1, 0.15) is 101 Å². The Morgan fingerprint density at radius 3 is 1.40 bits per heavy atom. The zero-order valence-corrected chi connectivity index (χ0v) is 31.1. The van der Waals surface area contributed by atoms with Gasteiger partial charge in [-0.25, -0.2) is 0 Å². The van der Waals surface area contributed by atoms with E-state index in [4.69, 9.17) is 0 Å². The van der Waals surface area contributed by atoms with Gasteiger partial charge in [-0.1, -0.05) is 152 Å². The normalized spacial score (nSPS) is 13.0. The van der Waals surface area contributed by atoms with Gasteiger partial charge in [0.2, 0.25) is 0 Å². The summed E-state index contributed by atoms with van der Waals surface area (Å²) < 4.78 is 0. The molecular weight excluding hydrogens is 755 g/mol. The maximum Gasteiger partial charge on any atom is 0.0195 e. The van der Waals surface area contributed by atoms with Gasteiger partial charge in [-0.05, 0) is 79.9 Å². The summed E-state index contributed by atoms with van der Waals surface area (Å²) in [6.45, 7) is 20.5. The molecule has 0 bridgehead atoms. The number of nitrogens with zero attached hydrogens (tertiary/aromatic N) is 3. The molecule has 0 amide bonds. The molecule has 1 aliphatic heterocycles.